The van der Waals surface area contributed by atoms with Crippen molar-refractivity contribution in [3.8, 4) is 0 Å². The molecule has 0 aromatic carbocycles. The van der Waals surface area contributed by atoms with Crippen LogP contribution in [0.3, 0.4) is 0 Å². The number of rotatable bonds is 2. The zero-order valence-corrected chi connectivity index (χ0v) is 8.05. The van der Waals surface area contributed by atoms with Gasteiger partial charge in [0.15, 0.2) is 0 Å². The fourth-order valence-corrected chi connectivity index (χ4v) is 10.4. The molecule has 2 aliphatic rings. The van der Waals surface area contributed by atoms with Crippen LogP contribution in [0.4, 0.5) is 0 Å². The van der Waals surface area contributed by atoms with E-state index >= 15 is 0 Å². The highest BCUT2D eigenvalue weighted by molar-refractivity contribution is 9.43. The fraction of sp³-hybridized carbons (Fsp3) is 0.500. The average Bonchev–Trinajstić information content (AvgIpc) is 2.44. The third-order valence-corrected chi connectivity index (χ3v) is 11.1. The summed E-state index contributed by atoms with van der Waals surface area (Å²) in [4.78, 5) is 0. The van der Waals surface area contributed by atoms with Crippen molar-refractivity contribution >= 4 is 45.1 Å². The predicted molar refractivity (Wildman–Crippen MR) is 52.0 cm³/mol. The van der Waals surface area contributed by atoms with Crippen molar-refractivity contribution in [1.82, 2.24) is 0 Å². The van der Waals surface area contributed by atoms with E-state index in [1.165, 1.54) is 5.75 Å². The molecule has 0 radical (unpaired) electrons. The van der Waals surface area contributed by atoms with Crippen LogP contribution in [0.25, 0.3) is 0 Å². The molecule has 1 nitrogen and oxygen atoms in total. The smallest absolute Gasteiger partial charge is 0.0318 e. The summed E-state index contributed by atoms with van der Waals surface area (Å²) >= 11 is 0. The zero-order chi connectivity index (χ0) is 6.48. The van der Waals surface area contributed by atoms with Crippen molar-refractivity contribution in [2.75, 3.05) is 12.0 Å². The van der Waals surface area contributed by atoms with Gasteiger partial charge in [0.2, 0.25) is 0 Å². The van der Waals surface area contributed by atoms with E-state index in [2.05, 4.69) is 4.70 Å². The first-order valence-electron chi connectivity index (χ1n) is 2.38. The van der Waals surface area contributed by atoms with Crippen LogP contribution in [-0.2, 0) is 0 Å². The van der Waals surface area contributed by atoms with Crippen LogP contribution in [-0.4, -0.2) is 21.3 Å². The molecule has 2 fully saturated rings. The Hall–Kier alpha value is 1.23. The van der Waals surface area contributed by atoms with Crippen LogP contribution in [0, 0.1) is 4.58 Å². The minimum Gasteiger partial charge on any atom is -0.371 e. The molecule has 2 unspecified atom stereocenters. The van der Waals surface area contributed by atoms with Gasteiger partial charge in [0.05, 0.1) is 0 Å². The highest BCUT2D eigenvalue weighted by atomic mass is 33.6. The Kier molecular flexibility index (Phi) is 1.62. The summed E-state index contributed by atoms with van der Waals surface area (Å²) in [6.45, 7) is 0. The van der Waals surface area contributed by atoms with Gasteiger partial charge in [-0.3, -0.25) is 0 Å². The van der Waals surface area contributed by atoms with Crippen LogP contribution in [0.2, 0.25) is 0 Å². The molecule has 0 amide bonds. The molecular formula is C4H6OS4-2. The quantitative estimate of drug-likeness (QED) is 0.319. The Balaban J connectivity index is 1.85. The topological polar surface area (TPSA) is 20.2 Å². The maximum absolute atomic E-state index is 8.85. The van der Waals surface area contributed by atoms with E-state index in [-0.39, 0.29) is 8.09 Å². The second-order valence-electron chi connectivity index (χ2n) is 1.86. The molecule has 0 aromatic heterocycles. The van der Waals surface area contributed by atoms with Gasteiger partial charge in [0, 0.05) is 0 Å². The minimum atomic E-state index is -0.588. The number of hydrogen-bond donors (Lipinski definition) is 1. The minimum absolute atomic E-state index is 0.317. The second-order valence-corrected chi connectivity index (χ2v) is 11.6. The van der Waals surface area contributed by atoms with Crippen molar-refractivity contribution in [2.45, 2.75) is 0 Å². The van der Waals surface area contributed by atoms with Gasteiger partial charge in [-0.25, -0.2) is 10.8 Å². The van der Waals surface area contributed by atoms with E-state index in [0.717, 1.165) is 0 Å². The summed E-state index contributed by atoms with van der Waals surface area (Å²) in [5.41, 5.74) is 0. The van der Waals surface area contributed by atoms with E-state index in [4.69, 9.17) is 4.55 Å². The Morgan fingerprint density at radius 3 is 2.89 bits per heavy atom. The summed E-state index contributed by atoms with van der Waals surface area (Å²) < 4.78 is 13.5. The summed E-state index contributed by atoms with van der Waals surface area (Å²) in [5.74, 6) is 1.34. The van der Waals surface area contributed by atoms with Gasteiger partial charge in [-0.2, -0.15) is 4.58 Å². The van der Waals surface area contributed by atoms with Gasteiger partial charge in [-0.15, -0.1) is 5.75 Å². The Morgan fingerprint density at radius 1 is 2.00 bits per heavy atom. The van der Waals surface area contributed by atoms with Crippen molar-refractivity contribution in [3.05, 3.63) is 4.58 Å². The standard InChI is InChI=1S/C4H6OS4/c1-8(5)3-6-9-2-4(9)7-9/h5H,2H2,1H3/q-2. The normalized spacial score (nSPS) is 49.6. The van der Waals surface area contributed by atoms with Crippen molar-refractivity contribution < 1.29 is 4.55 Å². The van der Waals surface area contributed by atoms with Gasteiger partial charge in [0.25, 0.3) is 0 Å². The predicted octanol–water partition coefficient (Wildman–Crippen LogP) is 2.61. The lowest BCUT2D eigenvalue weighted by atomic mass is 11.0. The highest BCUT2D eigenvalue weighted by Crippen LogP contribution is 3.10. The lowest BCUT2D eigenvalue weighted by Crippen LogP contribution is -1.62. The first-order valence-corrected chi connectivity index (χ1v) is 8.44. The largest absolute Gasteiger partial charge is 0.371 e. The summed E-state index contributed by atoms with van der Waals surface area (Å²) in [5, 5.41) is 0. The molecule has 0 aliphatic carbocycles. The van der Waals surface area contributed by atoms with Crippen LogP contribution in [0.1, 0.15) is 0 Å². The van der Waals surface area contributed by atoms with Gasteiger partial charge in [-0.05, 0) is 6.26 Å². The summed E-state index contributed by atoms with van der Waals surface area (Å²) in [6, 6.07) is 0. The monoisotopic (exact) mass is 198 g/mol. The summed E-state index contributed by atoms with van der Waals surface area (Å²) in [6.07, 6.45) is 1.78. The number of hydrogen-bond acceptors (Lipinski definition) is 3. The maximum atomic E-state index is 8.85. The van der Waals surface area contributed by atoms with E-state index in [1.807, 2.05) is 10.8 Å². The van der Waals surface area contributed by atoms with Crippen molar-refractivity contribution in [2.24, 2.45) is 0 Å². The Morgan fingerprint density at radius 2 is 2.56 bits per heavy atom. The first-order chi connectivity index (χ1) is 4.23. The molecule has 2 heterocycles. The molecule has 2 aliphatic heterocycles. The lowest BCUT2D eigenvalue weighted by Gasteiger charge is -2.22. The van der Waals surface area contributed by atoms with Gasteiger partial charge >= 0.3 is 0 Å². The molecule has 2 atom stereocenters. The molecule has 2 rings (SSSR count). The van der Waals surface area contributed by atoms with E-state index in [1.54, 1.807) is 21.6 Å². The Bertz CT molecular complexity index is 167. The third-order valence-electron chi connectivity index (χ3n) is 1.06. The lowest BCUT2D eigenvalue weighted by molar-refractivity contribution is 0.666. The molecule has 0 aromatic rings. The van der Waals surface area contributed by atoms with Crippen molar-refractivity contribution in [1.29, 1.82) is 0 Å². The first kappa shape index (κ1) is 6.91. The second kappa shape index (κ2) is 2.11. The van der Waals surface area contributed by atoms with E-state index in [0.29, 0.717) is 0 Å². The molecule has 54 valence electrons. The van der Waals surface area contributed by atoms with E-state index in [9.17, 15) is 0 Å². The number of fused-ring (bicyclic) bond motifs is 1. The van der Waals surface area contributed by atoms with Crippen LogP contribution >= 0.6 is 40.4 Å². The third kappa shape index (κ3) is 1.30. The van der Waals surface area contributed by atoms with Crippen LogP contribution in [0.15, 0.2) is 0 Å². The molecular weight excluding hydrogens is 192 g/mol. The van der Waals surface area contributed by atoms with Crippen LogP contribution in [0.5, 0.6) is 0 Å². The molecule has 0 spiro atoms. The average molecular weight is 198 g/mol. The molecule has 1 N–H and O–H groups in total. The zero-order valence-electron chi connectivity index (χ0n) is 4.79. The van der Waals surface area contributed by atoms with Crippen molar-refractivity contribution in [3.63, 3.8) is 0 Å². The maximum Gasteiger partial charge on any atom is -0.0318 e. The molecule has 0 bridgehead atoms. The van der Waals surface area contributed by atoms with E-state index < -0.39 is 10.8 Å². The SMILES string of the molecule is CS(O)=[C-]SS12C[C-]1S2. The Labute approximate surface area is 66.2 Å². The molecule has 9 heavy (non-hydrogen) atoms. The molecule has 0 saturated carbocycles. The van der Waals surface area contributed by atoms with Gasteiger partial charge < -0.3 is 38.9 Å². The fourth-order valence-electron chi connectivity index (χ4n) is 0.449. The van der Waals surface area contributed by atoms with Gasteiger partial charge in [0.1, 0.15) is 0 Å². The molecule has 2 saturated heterocycles. The highest BCUT2D eigenvalue weighted by Gasteiger charge is 2.45. The summed E-state index contributed by atoms with van der Waals surface area (Å²) in [7, 11) is 2.85. The molecule has 5 heteroatoms. The van der Waals surface area contributed by atoms with Gasteiger partial charge in [-0.1, -0.05) is 0 Å². The van der Waals surface area contributed by atoms with Crippen LogP contribution < -0.4 is 0 Å².